The topological polar surface area (TPSA) is 99.1 Å². The summed E-state index contributed by atoms with van der Waals surface area (Å²) in [5.41, 5.74) is 2.62. The normalized spacial score (nSPS) is 10.9. The molecule has 0 N–H and O–H groups in total. The number of non-ortho nitro benzene ring substituents is 1. The number of hydrogen-bond donors (Lipinski definition) is 0. The zero-order valence-corrected chi connectivity index (χ0v) is 14.2. The first-order valence-corrected chi connectivity index (χ1v) is 8.68. The number of nitro benzene ring substituents is 1. The number of pyridine rings is 1. The molecule has 4 aromatic rings. The molecule has 9 heteroatoms. The van der Waals surface area contributed by atoms with Crippen LogP contribution in [-0.2, 0) is 5.75 Å². The second-order valence-corrected chi connectivity index (χ2v) is 6.41. The molecular weight excluding hydrogens is 352 g/mol. The van der Waals surface area contributed by atoms with Gasteiger partial charge in [0, 0.05) is 35.8 Å². The van der Waals surface area contributed by atoms with Crippen LogP contribution in [0.1, 0.15) is 5.56 Å². The van der Waals surface area contributed by atoms with Crippen LogP contribution in [0.5, 0.6) is 0 Å². The standard InChI is InChI=1S/C17H12N6O2S/c24-23(25)14-3-1-12(2-4-14)11-26-16-6-5-15-19-20-17(22(15)21-16)13-7-9-18-10-8-13/h1-10H,11H2. The van der Waals surface area contributed by atoms with E-state index in [1.54, 1.807) is 40.8 Å². The van der Waals surface area contributed by atoms with Gasteiger partial charge in [0.25, 0.3) is 5.69 Å². The van der Waals surface area contributed by atoms with E-state index in [0.29, 0.717) is 17.2 Å². The summed E-state index contributed by atoms with van der Waals surface area (Å²) >= 11 is 1.54. The molecule has 0 fully saturated rings. The Balaban J connectivity index is 1.56. The number of hydrogen-bond acceptors (Lipinski definition) is 7. The van der Waals surface area contributed by atoms with Crippen molar-refractivity contribution >= 4 is 23.1 Å². The maximum atomic E-state index is 10.7. The Hall–Kier alpha value is -3.33. The van der Waals surface area contributed by atoms with E-state index in [-0.39, 0.29) is 5.69 Å². The van der Waals surface area contributed by atoms with Crippen molar-refractivity contribution in [3.8, 4) is 11.4 Å². The van der Waals surface area contributed by atoms with Crippen LogP contribution in [0.25, 0.3) is 17.0 Å². The molecule has 4 rings (SSSR count). The van der Waals surface area contributed by atoms with Gasteiger partial charge in [-0.3, -0.25) is 15.1 Å². The van der Waals surface area contributed by atoms with Gasteiger partial charge in [0.05, 0.1) is 4.92 Å². The van der Waals surface area contributed by atoms with Crippen molar-refractivity contribution in [1.82, 2.24) is 24.8 Å². The largest absolute Gasteiger partial charge is 0.269 e. The van der Waals surface area contributed by atoms with Crippen LogP contribution < -0.4 is 0 Å². The van der Waals surface area contributed by atoms with Gasteiger partial charge in [-0.15, -0.1) is 10.2 Å². The molecule has 8 nitrogen and oxygen atoms in total. The van der Waals surface area contributed by atoms with Crippen LogP contribution in [0, 0.1) is 10.1 Å². The summed E-state index contributed by atoms with van der Waals surface area (Å²) in [5, 5.41) is 24.5. The van der Waals surface area contributed by atoms with Crippen LogP contribution >= 0.6 is 11.8 Å². The highest BCUT2D eigenvalue weighted by molar-refractivity contribution is 7.98. The van der Waals surface area contributed by atoms with E-state index in [4.69, 9.17) is 0 Å². The molecule has 3 aromatic heterocycles. The van der Waals surface area contributed by atoms with Crippen molar-refractivity contribution in [2.24, 2.45) is 0 Å². The Labute approximate surface area is 152 Å². The van der Waals surface area contributed by atoms with Crippen LogP contribution in [-0.4, -0.2) is 29.7 Å². The van der Waals surface area contributed by atoms with Gasteiger partial charge in [-0.1, -0.05) is 23.9 Å². The molecule has 0 aliphatic heterocycles. The van der Waals surface area contributed by atoms with E-state index in [9.17, 15) is 10.1 Å². The number of thioether (sulfide) groups is 1. The highest BCUT2D eigenvalue weighted by atomic mass is 32.2. The third-order valence-electron chi connectivity index (χ3n) is 3.71. The fraction of sp³-hybridized carbons (Fsp3) is 0.0588. The zero-order chi connectivity index (χ0) is 17.9. The van der Waals surface area contributed by atoms with E-state index in [2.05, 4.69) is 20.3 Å². The van der Waals surface area contributed by atoms with E-state index in [1.165, 1.54) is 12.1 Å². The summed E-state index contributed by atoms with van der Waals surface area (Å²) in [6, 6.07) is 14.0. The molecule has 0 saturated carbocycles. The Bertz CT molecular complexity index is 1070. The molecule has 0 bridgehead atoms. The average Bonchev–Trinajstić information content (AvgIpc) is 3.10. The van der Waals surface area contributed by atoms with Gasteiger partial charge in [-0.05, 0) is 29.8 Å². The van der Waals surface area contributed by atoms with Crippen LogP contribution in [0.2, 0.25) is 0 Å². The monoisotopic (exact) mass is 364 g/mol. The highest BCUT2D eigenvalue weighted by Crippen LogP contribution is 2.24. The van der Waals surface area contributed by atoms with Crippen LogP contribution in [0.4, 0.5) is 5.69 Å². The summed E-state index contributed by atoms with van der Waals surface area (Å²) in [4.78, 5) is 14.3. The Morgan fingerprint density at radius 2 is 1.77 bits per heavy atom. The smallest absolute Gasteiger partial charge is 0.265 e. The van der Waals surface area contributed by atoms with Gasteiger partial charge < -0.3 is 0 Å². The third kappa shape index (κ3) is 3.24. The molecule has 0 spiro atoms. The fourth-order valence-corrected chi connectivity index (χ4v) is 3.21. The summed E-state index contributed by atoms with van der Waals surface area (Å²) in [5.74, 6) is 1.31. The molecule has 0 amide bonds. The van der Waals surface area contributed by atoms with Crippen LogP contribution in [0.15, 0.2) is 66.0 Å². The molecule has 0 aliphatic rings. The number of benzene rings is 1. The Morgan fingerprint density at radius 3 is 2.50 bits per heavy atom. The molecule has 26 heavy (non-hydrogen) atoms. The van der Waals surface area contributed by atoms with E-state index in [0.717, 1.165) is 16.2 Å². The third-order valence-corrected chi connectivity index (χ3v) is 4.70. The molecule has 0 radical (unpaired) electrons. The number of rotatable bonds is 5. The lowest BCUT2D eigenvalue weighted by molar-refractivity contribution is -0.384. The molecule has 3 heterocycles. The molecule has 0 aliphatic carbocycles. The van der Waals surface area contributed by atoms with Crippen LogP contribution in [0.3, 0.4) is 0 Å². The minimum Gasteiger partial charge on any atom is -0.265 e. The van der Waals surface area contributed by atoms with Gasteiger partial charge in [0.1, 0.15) is 5.03 Å². The first kappa shape index (κ1) is 16.2. The van der Waals surface area contributed by atoms with E-state index < -0.39 is 4.92 Å². The Kier molecular flexibility index (Phi) is 4.28. The first-order valence-electron chi connectivity index (χ1n) is 7.70. The minimum absolute atomic E-state index is 0.0878. The number of nitro groups is 1. The van der Waals surface area contributed by atoms with Gasteiger partial charge in [-0.25, -0.2) is 0 Å². The highest BCUT2D eigenvalue weighted by Gasteiger charge is 2.10. The maximum absolute atomic E-state index is 10.7. The number of fused-ring (bicyclic) bond motifs is 1. The van der Waals surface area contributed by atoms with Gasteiger partial charge in [0.15, 0.2) is 11.5 Å². The fourth-order valence-electron chi connectivity index (χ4n) is 2.40. The summed E-state index contributed by atoms with van der Waals surface area (Å²) in [6.45, 7) is 0. The minimum atomic E-state index is -0.404. The predicted molar refractivity (Wildman–Crippen MR) is 96.7 cm³/mol. The lowest BCUT2D eigenvalue weighted by Gasteiger charge is -2.03. The molecule has 128 valence electrons. The quantitative estimate of drug-likeness (QED) is 0.304. The number of nitrogens with zero attached hydrogens (tertiary/aromatic N) is 6. The number of aromatic nitrogens is 5. The summed E-state index contributed by atoms with van der Waals surface area (Å²) < 4.78 is 1.70. The van der Waals surface area contributed by atoms with E-state index >= 15 is 0 Å². The van der Waals surface area contributed by atoms with Crippen molar-refractivity contribution in [3.63, 3.8) is 0 Å². The maximum Gasteiger partial charge on any atom is 0.269 e. The summed E-state index contributed by atoms with van der Waals surface area (Å²) in [7, 11) is 0. The second-order valence-electron chi connectivity index (χ2n) is 5.41. The van der Waals surface area contributed by atoms with Gasteiger partial charge >= 0.3 is 0 Å². The average molecular weight is 364 g/mol. The Morgan fingerprint density at radius 1 is 1.00 bits per heavy atom. The van der Waals surface area contributed by atoms with Crippen molar-refractivity contribution in [3.05, 3.63) is 76.6 Å². The lowest BCUT2D eigenvalue weighted by Crippen LogP contribution is -1.96. The zero-order valence-electron chi connectivity index (χ0n) is 13.4. The second kappa shape index (κ2) is 6.89. The van der Waals surface area contributed by atoms with Crippen molar-refractivity contribution in [2.45, 2.75) is 10.8 Å². The van der Waals surface area contributed by atoms with Gasteiger partial charge in [0.2, 0.25) is 0 Å². The molecule has 0 saturated heterocycles. The van der Waals surface area contributed by atoms with Crippen molar-refractivity contribution in [1.29, 1.82) is 0 Å². The predicted octanol–water partition coefficient (Wildman–Crippen LogP) is 3.39. The van der Waals surface area contributed by atoms with Crippen molar-refractivity contribution < 1.29 is 4.92 Å². The summed E-state index contributed by atoms with van der Waals surface area (Å²) in [6.07, 6.45) is 3.40. The molecule has 1 aromatic carbocycles. The lowest BCUT2D eigenvalue weighted by atomic mass is 10.2. The first-order chi connectivity index (χ1) is 12.7. The van der Waals surface area contributed by atoms with E-state index in [1.807, 2.05) is 24.3 Å². The molecule has 0 unspecified atom stereocenters. The van der Waals surface area contributed by atoms with Crippen molar-refractivity contribution in [2.75, 3.05) is 0 Å². The molecular formula is C17H12N6O2S. The van der Waals surface area contributed by atoms with Gasteiger partial charge in [-0.2, -0.15) is 9.61 Å². The molecule has 0 atom stereocenters. The SMILES string of the molecule is O=[N+]([O-])c1ccc(CSc2ccc3nnc(-c4ccncc4)n3n2)cc1.